The van der Waals surface area contributed by atoms with Crippen LogP contribution in [0.4, 0.5) is 0 Å². The van der Waals surface area contributed by atoms with Gasteiger partial charge in [0, 0.05) is 11.6 Å². The third-order valence-electron chi connectivity index (χ3n) is 3.19. The van der Waals surface area contributed by atoms with Gasteiger partial charge >= 0.3 is 5.97 Å². The van der Waals surface area contributed by atoms with E-state index < -0.39 is 0 Å². The molecule has 1 aromatic carbocycles. The molecule has 1 aliphatic carbocycles. The second kappa shape index (κ2) is 6.06. The van der Waals surface area contributed by atoms with Crippen LogP contribution in [0.25, 0.3) is 0 Å². The molecule has 1 aliphatic rings. The molecule has 0 aliphatic heterocycles. The number of ether oxygens (including phenoxy) is 1. The molecule has 1 N–H and O–H groups in total. The lowest BCUT2D eigenvalue weighted by atomic mass is 10.2. The Morgan fingerprint density at radius 1 is 1.42 bits per heavy atom. The van der Waals surface area contributed by atoms with Crippen LogP contribution in [0.1, 0.15) is 18.9 Å². The van der Waals surface area contributed by atoms with E-state index in [0.717, 1.165) is 12.0 Å². The van der Waals surface area contributed by atoms with Crippen molar-refractivity contribution in [2.24, 2.45) is 11.8 Å². The molecular formula is C14H16ClNO3. The number of halogens is 1. The lowest BCUT2D eigenvalue weighted by Crippen LogP contribution is -2.28. The summed E-state index contributed by atoms with van der Waals surface area (Å²) < 4.78 is 4.93. The number of hydrogen-bond donors (Lipinski definition) is 1. The summed E-state index contributed by atoms with van der Waals surface area (Å²) in [4.78, 5) is 23.0. The fourth-order valence-electron chi connectivity index (χ4n) is 1.78. The zero-order valence-corrected chi connectivity index (χ0v) is 11.4. The first kappa shape index (κ1) is 13.9. The number of esters is 1. The molecular weight excluding hydrogens is 266 g/mol. The molecule has 19 heavy (non-hydrogen) atoms. The van der Waals surface area contributed by atoms with Gasteiger partial charge < -0.3 is 10.1 Å². The van der Waals surface area contributed by atoms with Crippen LogP contribution in [-0.4, -0.2) is 18.5 Å². The first-order chi connectivity index (χ1) is 9.08. The van der Waals surface area contributed by atoms with Crippen molar-refractivity contribution in [1.29, 1.82) is 0 Å². The van der Waals surface area contributed by atoms with Crippen molar-refractivity contribution in [2.75, 3.05) is 6.61 Å². The second-order valence-corrected chi connectivity index (χ2v) is 5.20. The molecule has 0 bridgehead atoms. The van der Waals surface area contributed by atoms with Crippen LogP contribution in [0.3, 0.4) is 0 Å². The van der Waals surface area contributed by atoms with E-state index in [4.69, 9.17) is 16.3 Å². The minimum Gasteiger partial charge on any atom is -0.455 e. The van der Waals surface area contributed by atoms with E-state index in [1.165, 1.54) is 0 Å². The largest absolute Gasteiger partial charge is 0.455 e. The fraction of sp³-hybridized carbons (Fsp3) is 0.429. The van der Waals surface area contributed by atoms with E-state index in [-0.39, 0.29) is 24.4 Å². The molecule has 0 radical (unpaired) electrons. The van der Waals surface area contributed by atoms with Crippen LogP contribution >= 0.6 is 11.6 Å². The number of nitrogens with one attached hydrogen (secondary N) is 1. The number of amides is 1. The van der Waals surface area contributed by atoms with Gasteiger partial charge in [0.2, 0.25) is 0 Å². The van der Waals surface area contributed by atoms with Gasteiger partial charge in [-0.1, -0.05) is 36.7 Å². The van der Waals surface area contributed by atoms with Crippen LogP contribution < -0.4 is 5.32 Å². The predicted molar refractivity (Wildman–Crippen MR) is 71.5 cm³/mol. The highest BCUT2D eigenvalue weighted by Crippen LogP contribution is 2.38. The topological polar surface area (TPSA) is 55.4 Å². The number of rotatable bonds is 5. The Bertz CT molecular complexity index is 489. The highest BCUT2D eigenvalue weighted by molar-refractivity contribution is 6.31. The molecule has 0 aromatic heterocycles. The summed E-state index contributed by atoms with van der Waals surface area (Å²) in [7, 11) is 0. The number of carbonyl (C=O) groups excluding carboxylic acids is 2. The molecule has 0 saturated heterocycles. The van der Waals surface area contributed by atoms with E-state index in [1.54, 1.807) is 6.07 Å². The van der Waals surface area contributed by atoms with E-state index in [1.807, 2.05) is 25.1 Å². The van der Waals surface area contributed by atoms with Crippen molar-refractivity contribution < 1.29 is 14.3 Å². The maximum Gasteiger partial charge on any atom is 0.309 e. The molecule has 1 fully saturated rings. The Hall–Kier alpha value is -1.55. The van der Waals surface area contributed by atoms with Crippen molar-refractivity contribution in [1.82, 2.24) is 5.32 Å². The van der Waals surface area contributed by atoms with E-state index >= 15 is 0 Å². The van der Waals surface area contributed by atoms with Crippen molar-refractivity contribution in [3.05, 3.63) is 34.9 Å². The monoisotopic (exact) mass is 281 g/mol. The minimum absolute atomic E-state index is 0.0173. The smallest absolute Gasteiger partial charge is 0.309 e. The Balaban J connectivity index is 1.70. The normalized spacial score (nSPS) is 20.7. The zero-order valence-electron chi connectivity index (χ0n) is 10.7. The van der Waals surface area contributed by atoms with Gasteiger partial charge in [0.1, 0.15) is 0 Å². The number of carbonyl (C=O) groups is 2. The summed E-state index contributed by atoms with van der Waals surface area (Å²) in [6.07, 6.45) is 0.861. The van der Waals surface area contributed by atoms with Crippen LogP contribution in [0.2, 0.25) is 5.02 Å². The molecule has 1 saturated carbocycles. The Kier molecular flexibility index (Phi) is 4.43. The van der Waals surface area contributed by atoms with E-state index in [2.05, 4.69) is 5.32 Å². The van der Waals surface area contributed by atoms with Gasteiger partial charge in [0.05, 0.1) is 5.92 Å². The molecule has 2 rings (SSSR count). The maximum absolute atomic E-state index is 11.5. The van der Waals surface area contributed by atoms with E-state index in [0.29, 0.717) is 17.5 Å². The quantitative estimate of drug-likeness (QED) is 0.842. The molecule has 102 valence electrons. The first-order valence-corrected chi connectivity index (χ1v) is 6.62. The lowest BCUT2D eigenvalue weighted by Gasteiger charge is -2.07. The molecule has 0 spiro atoms. The van der Waals surface area contributed by atoms with E-state index in [9.17, 15) is 9.59 Å². The molecule has 1 aromatic rings. The lowest BCUT2D eigenvalue weighted by molar-refractivity contribution is -0.150. The fourth-order valence-corrected chi connectivity index (χ4v) is 1.98. The van der Waals surface area contributed by atoms with Gasteiger partial charge in [-0.15, -0.1) is 0 Å². The Labute approximate surface area is 117 Å². The molecule has 5 heteroatoms. The molecule has 1 amide bonds. The number of benzene rings is 1. The Morgan fingerprint density at radius 3 is 2.74 bits per heavy atom. The Morgan fingerprint density at radius 2 is 2.11 bits per heavy atom. The molecule has 0 heterocycles. The highest BCUT2D eigenvalue weighted by atomic mass is 35.5. The molecule has 4 nitrogen and oxygen atoms in total. The van der Waals surface area contributed by atoms with Gasteiger partial charge in [-0.2, -0.15) is 0 Å². The average molecular weight is 282 g/mol. The van der Waals surface area contributed by atoms with Gasteiger partial charge in [0.25, 0.3) is 5.91 Å². The van der Waals surface area contributed by atoms with Crippen LogP contribution in [0.5, 0.6) is 0 Å². The van der Waals surface area contributed by atoms with Crippen LogP contribution in [0.15, 0.2) is 24.3 Å². The number of hydrogen-bond acceptors (Lipinski definition) is 3. The van der Waals surface area contributed by atoms with Crippen molar-refractivity contribution in [3.63, 3.8) is 0 Å². The van der Waals surface area contributed by atoms with Crippen molar-refractivity contribution in [2.45, 2.75) is 19.9 Å². The molecule has 2 atom stereocenters. The standard InChI is InChI=1S/C14H16ClNO3/c1-9-6-11(9)14(18)19-8-13(17)16-7-10-4-2-3-5-12(10)15/h2-5,9,11H,6-8H2,1H3,(H,16,17)/t9-,11-/m0/s1. The summed E-state index contributed by atoms with van der Waals surface area (Å²) in [6.45, 7) is 2.09. The zero-order chi connectivity index (χ0) is 13.8. The summed E-state index contributed by atoms with van der Waals surface area (Å²) in [5, 5.41) is 3.27. The third kappa shape index (κ3) is 3.96. The third-order valence-corrected chi connectivity index (χ3v) is 3.56. The van der Waals surface area contributed by atoms with Gasteiger partial charge in [-0.3, -0.25) is 9.59 Å². The van der Waals surface area contributed by atoms with Gasteiger partial charge in [0.15, 0.2) is 6.61 Å². The van der Waals surface area contributed by atoms with Gasteiger partial charge in [-0.25, -0.2) is 0 Å². The summed E-state index contributed by atoms with van der Waals surface area (Å²) in [5.41, 5.74) is 0.833. The summed E-state index contributed by atoms with van der Waals surface area (Å²) in [5.74, 6) is -0.225. The average Bonchev–Trinajstić information content (AvgIpc) is 3.12. The first-order valence-electron chi connectivity index (χ1n) is 6.24. The molecule has 0 unspecified atom stereocenters. The highest BCUT2D eigenvalue weighted by Gasteiger charge is 2.40. The SMILES string of the molecule is C[C@H]1C[C@@H]1C(=O)OCC(=O)NCc1ccccc1Cl. The van der Waals surface area contributed by atoms with Crippen LogP contribution in [0, 0.1) is 11.8 Å². The summed E-state index contributed by atoms with van der Waals surface area (Å²) >= 11 is 5.96. The van der Waals surface area contributed by atoms with Crippen LogP contribution in [-0.2, 0) is 20.9 Å². The maximum atomic E-state index is 11.5. The summed E-state index contributed by atoms with van der Waals surface area (Å²) in [6, 6.07) is 7.27. The minimum atomic E-state index is -0.318. The van der Waals surface area contributed by atoms with Crippen molar-refractivity contribution in [3.8, 4) is 0 Å². The predicted octanol–water partition coefficient (Wildman–Crippen LogP) is 2.16. The second-order valence-electron chi connectivity index (χ2n) is 4.80. The van der Waals surface area contributed by atoms with Crippen molar-refractivity contribution >= 4 is 23.5 Å². The van der Waals surface area contributed by atoms with Gasteiger partial charge in [-0.05, 0) is 24.0 Å².